The molecule has 2 nitrogen and oxygen atoms in total. The number of alkyl halides is 1. The molecule has 0 atom stereocenters. The lowest BCUT2D eigenvalue weighted by Gasteiger charge is -2.14. The summed E-state index contributed by atoms with van der Waals surface area (Å²) < 4.78 is 0. The highest BCUT2D eigenvalue weighted by Gasteiger charge is 2.22. The minimum atomic E-state index is -0.554. The molecule has 0 aromatic rings. The van der Waals surface area contributed by atoms with Crippen molar-refractivity contribution in [1.82, 2.24) is 0 Å². The van der Waals surface area contributed by atoms with Gasteiger partial charge in [0.15, 0.2) is 0 Å². The molecule has 0 spiro atoms. The second kappa shape index (κ2) is 2.35. The van der Waals surface area contributed by atoms with Gasteiger partial charge in [-0.2, -0.15) is 0 Å². The summed E-state index contributed by atoms with van der Waals surface area (Å²) in [5.41, 5.74) is 4.40. The largest absolute Gasteiger partial charge is 0.369 e. The highest BCUT2D eigenvalue weighted by molar-refractivity contribution is 6.19. The maximum atomic E-state index is 10.4. The topological polar surface area (TPSA) is 43.1 Å². The Morgan fingerprint density at radius 1 is 1.75 bits per heavy atom. The Hall–Kier alpha value is -0.240. The van der Waals surface area contributed by atoms with Crippen molar-refractivity contribution < 1.29 is 4.79 Å². The van der Waals surface area contributed by atoms with E-state index in [0.29, 0.717) is 0 Å². The number of carbonyl (C=O) groups is 1. The number of halogens is 1. The molecule has 48 valence electrons. The highest BCUT2D eigenvalue weighted by atomic mass is 35.5. The van der Waals surface area contributed by atoms with E-state index in [4.69, 9.17) is 17.3 Å². The predicted octanol–water partition coefficient (Wildman–Crippen LogP) is 0.737. The zero-order valence-electron chi connectivity index (χ0n) is 5.07. The van der Waals surface area contributed by atoms with Gasteiger partial charge < -0.3 is 5.73 Å². The van der Waals surface area contributed by atoms with E-state index in [-0.39, 0.29) is 11.8 Å². The molecule has 0 aliphatic carbocycles. The van der Waals surface area contributed by atoms with Gasteiger partial charge in [-0.25, -0.2) is 0 Å². The number of carbonyl (C=O) groups excluding carboxylic acids is 1. The first-order valence-corrected chi connectivity index (χ1v) is 2.90. The SMILES string of the molecule is CC(C)(CCl)C(N)=O. The van der Waals surface area contributed by atoms with E-state index in [0.717, 1.165) is 0 Å². The lowest BCUT2D eigenvalue weighted by atomic mass is 9.96. The van der Waals surface area contributed by atoms with E-state index in [9.17, 15) is 4.79 Å². The molecule has 0 heterocycles. The van der Waals surface area contributed by atoms with Gasteiger partial charge in [0.05, 0.1) is 5.41 Å². The molecule has 3 heteroatoms. The second-order valence-corrected chi connectivity index (χ2v) is 2.65. The van der Waals surface area contributed by atoms with Crippen LogP contribution in [0, 0.1) is 5.41 Å². The van der Waals surface area contributed by atoms with Crippen LogP contribution in [0.2, 0.25) is 0 Å². The van der Waals surface area contributed by atoms with Crippen LogP contribution in [0.15, 0.2) is 0 Å². The summed E-state index contributed by atoms with van der Waals surface area (Å²) >= 11 is 5.39. The Labute approximate surface area is 54.0 Å². The smallest absolute Gasteiger partial charge is 0.224 e. The molecule has 0 saturated heterocycles. The Balaban J connectivity index is 3.91. The minimum absolute atomic E-state index is 0.280. The fourth-order valence-corrected chi connectivity index (χ4v) is 0.198. The first-order valence-electron chi connectivity index (χ1n) is 2.36. The van der Waals surface area contributed by atoms with Crippen LogP contribution in [-0.4, -0.2) is 11.8 Å². The molecule has 8 heavy (non-hydrogen) atoms. The molecule has 0 rings (SSSR count). The maximum absolute atomic E-state index is 10.4. The van der Waals surface area contributed by atoms with Crippen molar-refractivity contribution in [3.8, 4) is 0 Å². The van der Waals surface area contributed by atoms with E-state index in [2.05, 4.69) is 0 Å². The van der Waals surface area contributed by atoms with Gasteiger partial charge in [0.2, 0.25) is 5.91 Å². The summed E-state index contributed by atoms with van der Waals surface area (Å²) in [6.07, 6.45) is 0. The molecule has 0 fully saturated rings. The molecule has 0 saturated carbocycles. The number of amides is 1. The maximum Gasteiger partial charge on any atom is 0.224 e. The van der Waals surface area contributed by atoms with Gasteiger partial charge in [0, 0.05) is 5.88 Å². The van der Waals surface area contributed by atoms with E-state index in [1.807, 2.05) is 0 Å². The number of nitrogens with two attached hydrogens (primary N) is 1. The van der Waals surface area contributed by atoms with Crippen LogP contribution in [0.5, 0.6) is 0 Å². The molecule has 0 aromatic carbocycles. The first-order chi connectivity index (χ1) is 3.50. The average molecular weight is 136 g/mol. The van der Waals surface area contributed by atoms with Crippen molar-refractivity contribution >= 4 is 17.5 Å². The molecule has 0 aliphatic rings. The van der Waals surface area contributed by atoms with E-state index >= 15 is 0 Å². The quantitative estimate of drug-likeness (QED) is 0.558. The van der Waals surface area contributed by atoms with Crippen LogP contribution < -0.4 is 5.73 Å². The summed E-state index contributed by atoms with van der Waals surface area (Å²) in [6, 6.07) is 0. The van der Waals surface area contributed by atoms with Crippen LogP contribution in [-0.2, 0) is 4.79 Å². The van der Waals surface area contributed by atoms with Crippen molar-refractivity contribution in [2.45, 2.75) is 13.8 Å². The molecule has 0 unspecified atom stereocenters. The second-order valence-electron chi connectivity index (χ2n) is 2.38. The Morgan fingerprint density at radius 3 is 2.12 bits per heavy atom. The third kappa shape index (κ3) is 1.70. The Morgan fingerprint density at radius 2 is 2.12 bits per heavy atom. The van der Waals surface area contributed by atoms with E-state index < -0.39 is 5.41 Å². The van der Waals surface area contributed by atoms with Crippen molar-refractivity contribution in [3.05, 3.63) is 0 Å². The van der Waals surface area contributed by atoms with Crippen LogP contribution in [0.25, 0.3) is 0 Å². The molecule has 0 aliphatic heterocycles. The van der Waals surface area contributed by atoms with Gasteiger partial charge in [-0.05, 0) is 13.8 Å². The van der Waals surface area contributed by atoms with Gasteiger partial charge in [-0.15, -0.1) is 11.6 Å². The van der Waals surface area contributed by atoms with Crippen LogP contribution in [0.1, 0.15) is 13.8 Å². The summed E-state index contributed by atoms with van der Waals surface area (Å²) in [4.78, 5) is 10.4. The molecule has 2 N–H and O–H groups in total. The number of primary amides is 1. The average Bonchev–Trinajstić information content (AvgIpc) is 1.67. The molecule has 0 radical (unpaired) electrons. The summed E-state index contributed by atoms with van der Waals surface area (Å²) in [7, 11) is 0. The van der Waals surface area contributed by atoms with Gasteiger partial charge in [0.25, 0.3) is 0 Å². The van der Waals surface area contributed by atoms with Crippen LogP contribution in [0.3, 0.4) is 0 Å². The minimum Gasteiger partial charge on any atom is -0.369 e. The van der Waals surface area contributed by atoms with Crippen molar-refractivity contribution in [2.24, 2.45) is 11.1 Å². The number of hydrogen-bond acceptors (Lipinski definition) is 1. The first kappa shape index (κ1) is 7.76. The van der Waals surface area contributed by atoms with E-state index in [1.54, 1.807) is 13.8 Å². The van der Waals surface area contributed by atoms with Crippen molar-refractivity contribution in [2.75, 3.05) is 5.88 Å². The normalized spacial score (nSPS) is 11.4. The van der Waals surface area contributed by atoms with Gasteiger partial charge >= 0.3 is 0 Å². The Kier molecular flexibility index (Phi) is 2.28. The third-order valence-corrected chi connectivity index (χ3v) is 1.67. The lowest BCUT2D eigenvalue weighted by Crippen LogP contribution is -2.32. The molecule has 0 aromatic heterocycles. The predicted molar refractivity (Wildman–Crippen MR) is 33.7 cm³/mol. The van der Waals surface area contributed by atoms with Gasteiger partial charge in [-0.1, -0.05) is 0 Å². The summed E-state index contributed by atoms with van der Waals surface area (Å²) in [5, 5.41) is 0. The fourth-order valence-electron chi connectivity index (χ4n) is 0.0659. The van der Waals surface area contributed by atoms with Crippen LogP contribution in [0.4, 0.5) is 0 Å². The zero-order chi connectivity index (χ0) is 6.78. The fraction of sp³-hybridized carbons (Fsp3) is 0.800. The molecular weight excluding hydrogens is 126 g/mol. The zero-order valence-corrected chi connectivity index (χ0v) is 5.83. The Bertz CT molecular complexity index is 101. The van der Waals surface area contributed by atoms with Crippen LogP contribution >= 0.6 is 11.6 Å². The van der Waals surface area contributed by atoms with Crippen molar-refractivity contribution in [1.29, 1.82) is 0 Å². The van der Waals surface area contributed by atoms with E-state index in [1.165, 1.54) is 0 Å². The standard InChI is InChI=1S/C5H10ClNO/c1-5(2,3-6)4(7)8/h3H2,1-2H3,(H2,7,8). The van der Waals surface area contributed by atoms with Gasteiger partial charge in [-0.3, -0.25) is 4.79 Å². The number of hydrogen-bond donors (Lipinski definition) is 1. The molecule has 0 bridgehead atoms. The van der Waals surface area contributed by atoms with Crippen molar-refractivity contribution in [3.63, 3.8) is 0 Å². The lowest BCUT2D eigenvalue weighted by molar-refractivity contribution is -0.124. The molecular formula is C5H10ClNO. The highest BCUT2D eigenvalue weighted by Crippen LogP contribution is 2.14. The summed E-state index contributed by atoms with van der Waals surface area (Å²) in [6.45, 7) is 3.42. The number of rotatable bonds is 2. The van der Waals surface area contributed by atoms with Gasteiger partial charge in [0.1, 0.15) is 0 Å². The third-order valence-electron chi connectivity index (χ3n) is 1.00. The molecule has 1 amide bonds. The summed E-state index contributed by atoms with van der Waals surface area (Å²) in [5.74, 6) is -0.0741. The monoisotopic (exact) mass is 135 g/mol.